The molecule has 0 N–H and O–H groups in total. The van der Waals surface area contributed by atoms with Gasteiger partial charge in [-0.25, -0.2) is 4.39 Å². The monoisotopic (exact) mass is 222 g/mol. The molecule has 0 amide bonds. The number of hydrogen-bond acceptors (Lipinski definition) is 2. The number of hydrogen-bond donors (Lipinski definition) is 0. The second-order valence-corrected chi connectivity index (χ2v) is 3.63. The Morgan fingerprint density at radius 1 is 1.50 bits per heavy atom. The van der Waals surface area contributed by atoms with Gasteiger partial charge in [0.1, 0.15) is 5.82 Å². The average molecular weight is 222 g/mol. The number of nitrogens with zero attached hydrogens (tertiary/aromatic N) is 4. The van der Waals surface area contributed by atoms with Crippen LogP contribution in [0.25, 0.3) is 10.4 Å². The normalized spacial score (nSPS) is 12.2. The van der Waals surface area contributed by atoms with Crippen molar-refractivity contribution in [2.24, 2.45) is 5.11 Å². The van der Waals surface area contributed by atoms with Gasteiger partial charge >= 0.3 is 0 Å². The molecule has 0 fully saturated rings. The van der Waals surface area contributed by atoms with Crippen LogP contribution in [0.3, 0.4) is 0 Å². The van der Waals surface area contributed by atoms with Crippen LogP contribution in [0.4, 0.5) is 4.39 Å². The van der Waals surface area contributed by atoms with Gasteiger partial charge in [0.05, 0.1) is 0 Å². The summed E-state index contributed by atoms with van der Waals surface area (Å²) in [5, 5.41) is 3.46. The van der Waals surface area contributed by atoms with Crippen LogP contribution in [0.2, 0.25) is 0 Å². The van der Waals surface area contributed by atoms with Gasteiger partial charge in [0.15, 0.2) is 0 Å². The number of likely N-dealkylation sites (N-methyl/N-ethyl adjacent to an activating group) is 1. The van der Waals surface area contributed by atoms with Crippen molar-refractivity contribution in [1.82, 2.24) is 4.90 Å². The fraction of sp³-hybridized carbons (Fsp3) is 0.455. The van der Waals surface area contributed by atoms with Crippen molar-refractivity contribution >= 4 is 0 Å². The highest BCUT2D eigenvalue weighted by Gasteiger charge is 2.14. The third kappa shape index (κ3) is 3.22. The predicted molar refractivity (Wildman–Crippen MR) is 61.5 cm³/mol. The maximum atomic E-state index is 13.5. The van der Waals surface area contributed by atoms with E-state index in [0.717, 1.165) is 0 Å². The maximum absolute atomic E-state index is 13.5. The Morgan fingerprint density at radius 3 is 2.81 bits per heavy atom. The summed E-state index contributed by atoms with van der Waals surface area (Å²) < 4.78 is 13.5. The molecule has 5 heteroatoms. The quantitative estimate of drug-likeness (QED) is 0.429. The van der Waals surface area contributed by atoms with E-state index in [1.165, 1.54) is 6.07 Å². The van der Waals surface area contributed by atoms with Gasteiger partial charge < -0.3 is 0 Å². The summed E-state index contributed by atoms with van der Waals surface area (Å²) >= 11 is 0. The third-order valence-corrected chi connectivity index (χ3v) is 2.63. The number of benzene rings is 1. The lowest BCUT2D eigenvalue weighted by Gasteiger charge is -2.24. The smallest absolute Gasteiger partial charge is 0.127 e. The third-order valence-electron chi connectivity index (χ3n) is 2.63. The van der Waals surface area contributed by atoms with Crippen molar-refractivity contribution in [1.29, 1.82) is 0 Å². The van der Waals surface area contributed by atoms with E-state index >= 15 is 0 Å². The van der Waals surface area contributed by atoms with Crippen LogP contribution in [-0.4, -0.2) is 25.0 Å². The molecule has 0 aromatic heterocycles. The van der Waals surface area contributed by atoms with Crippen LogP contribution in [0.5, 0.6) is 0 Å². The first-order valence-electron chi connectivity index (χ1n) is 5.12. The molecule has 1 atom stereocenters. The molecule has 0 saturated heterocycles. The zero-order valence-corrected chi connectivity index (χ0v) is 9.47. The Morgan fingerprint density at radius 2 is 2.19 bits per heavy atom. The van der Waals surface area contributed by atoms with Gasteiger partial charge in [0.25, 0.3) is 0 Å². The van der Waals surface area contributed by atoms with Crippen LogP contribution < -0.4 is 0 Å². The molecule has 0 aliphatic rings. The summed E-state index contributed by atoms with van der Waals surface area (Å²) in [6.45, 7) is 2.93. The van der Waals surface area contributed by atoms with Crippen LogP contribution in [0.1, 0.15) is 18.5 Å². The number of azide groups is 1. The van der Waals surface area contributed by atoms with E-state index in [2.05, 4.69) is 10.0 Å². The second-order valence-electron chi connectivity index (χ2n) is 3.63. The highest BCUT2D eigenvalue weighted by atomic mass is 19.1. The highest BCUT2D eigenvalue weighted by Crippen LogP contribution is 2.20. The summed E-state index contributed by atoms with van der Waals surface area (Å²) in [5.41, 5.74) is 8.82. The summed E-state index contributed by atoms with van der Waals surface area (Å²) in [6.07, 6.45) is 0. The molecule has 0 radical (unpaired) electrons. The predicted octanol–water partition coefficient (Wildman–Crippen LogP) is 3.13. The van der Waals surface area contributed by atoms with Crippen molar-refractivity contribution in [3.05, 3.63) is 46.1 Å². The van der Waals surface area contributed by atoms with E-state index in [9.17, 15) is 4.39 Å². The topological polar surface area (TPSA) is 52.0 Å². The lowest BCUT2D eigenvalue weighted by Crippen LogP contribution is -2.25. The lowest BCUT2D eigenvalue weighted by molar-refractivity contribution is 0.263. The molecular formula is C11H15FN4. The molecule has 1 aromatic rings. The summed E-state index contributed by atoms with van der Waals surface area (Å²) in [4.78, 5) is 4.63. The minimum Gasteiger partial charge on any atom is -0.299 e. The second kappa shape index (κ2) is 6.10. The number of halogens is 1. The fourth-order valence-corrected chi connectivity index (χ4v) is 1.49. The molecule has 0 saturated carbocycles. The van der Waals surface area contributed by atoms with Gasteiger partial charge in [-0.2, -0.15) is 0 Å². The minimum absolute atomic E-state index is 0.0323. The molecule has 0 heterocycles. The molecule has 0 aliphatic heterocycles. The molecule has 1 aromatic carbocycles. The first kappa shape index (κ1) is 12.5. The Labute approximate surface area is 94.3 Å². The molecular weight excluding hydrogens is 207 g/mol. The van der Waals surface area contributed by atoms with E-state index < -0.39 is 0 Å². The zero-order valence-electron chi connectivity index (χ0n) is 9.47. The molecule has 86 valence electrons. The van der Waals surface area contributed by atoms with Gasteiger partial charge in [-0.05, 0) is 25.6 Å². The van der Waals surface area contributed by atoms with Crippen molar-refractivity contribution < 1.29 is 4.39 Å². The Balaban J connectivity index is 2.66. The van der Waals surface area contributed by atoms with Crippen LogP contribution in [0, 0.1) is 5.82 Å². The van der Waals surface area contributed by atoms with Crippen LogP contribution in [0.15, 0.2) is 29.4 Å². The average Bonchev–Trinajstić information content (AvgIpc) is 2.29. The molecule has 0 bridgehead atoms. The fourth-order valence-electron chi connectivity index (χ4n) is 1.49. The van der Waals surface area contributed by atoms with E-state index in [-0.39, 0.29) is 11.9 Å². The molecule has 1 rings (SSSR count). The van der Waals surface area contributed by atoms with Crippen molar-refractivity contribution in [3.8, 4) is 0 Å². The maximum Gasteiger partial charge on any atom is 0.127 e. The van der Waals surface area contributed by atoms with Gasteiger partial charge in [0, 0.05) is 29.6 Å². The number of rotatable bonds is 5. The summed E-state index contributed by atoms with van der Waals surface area (Å²) in [7, 11) is 1.88. The molecule has 4 nitrogen and oxygen atoms in total. The van der Waals surface area contributed by atoms with E-state index in [0.29, 0.717) is 18.7 Å². The van der Waals surface area contributed by atoms with Crippen LogP contribution in [-0.2, 0) is 0 Å². The molecule has 16 heavy (non-hydrogen) atoms. The highest BCUT2D eigenvalue weighted by molar-refractivity contribution is 5.20. The van der Waals surface area contributed by atoms with Crippen LogP contribution >= 0.6 is 0 Å². The Kier molecular flexibility index (Phi) is 4.76. The Hall–Kier alpha value is -1.58. The molecule has 0 spiro atoms. The summed E-state index contributed by atoms with van der Waals surface area (Å²) in [5.74, 6) is -0.203. The van der Waals surface area contributed by atoms with Gasteiger partial charge in [-0.15, -0.1) is 0 Å². The van der Waals surface area contributed by atoms with Gasteiger partial charge in [0.2, 0.25) is 0 Å². The first-order valence-corrected chi connectivity index (χ1v) is 5.12. The first-order chi connectivity index (χ1) is 7.66. The van der Waals surface area contributed by atoms with Crippen molar-refractivity contribution in [2.75, 3.05) is 20.1 Å². The summed E-state index contributed by atoms with van der Waals surface area (Å²) in [6, 6.07) is 6.67. The van der Waals surface area contributed by atoms with E-state index in [4.69, 9.17) is 5.53 Å². The van der Waals surface area contributed by atoms with Crippen molar-refractivity contribution in [3.63, 3.8) is 0 Å². The van der Waals surface area contributed by atoms with Crippen molar-refractivity contribution in [2.45, 2.75) is 13.0 Å². The Bertz CT molecular complexity index is 387. The zero-order chi connectivity index (χ0) is 12.0. The van der Waals surface area contributed by atoms with E-state index in [1.807, 2.05) is 24.9 Å². The van der Waals surface area contributed by atoms with Gasteiger partial charge in [-0.1, -0.05) is 23.3 Å². The SMILES string of the molecule is CC(c1ccccc1F)N(C)CCN=[N+]=[N-]. The lowest BCUT2D eigenvalue weighted by atomic mass is 10.1. The largest absolute Gasteiger partial charge is 0.299 e. The van der Waals surface area contributed by atoms with E-state index in [1.54, 1.807) is 12.1 Å². The molecule has 0 aliphatic carbocycles. The molecule has 1 unspecified atom stereocenters. The minimum atomic E-state index is -0.203. The van der Waals surface area contributed by atoms with Gasteiger partial charge in [-0.3, -0.25) is 4.90 Å². The standard InChI is InChI=1S/C11H15FN4/c1-9(16(2)8-7-14-15-13)10-5-3-4-6-11(10)12/h3-6,9H,7-8H2,1-2H3.